The highest BCUT2D eigenvalue weighted by Crippen LogP contribution is 2.36. The Hall–Kier alpha value is -0.530. The van der Waals surface area contributed by atoms with Crippen molar-refractivity contribution in [2.75, 3.05) is 27.2 Å². The molecule has 0 amide bonds. The Balaban J connectivity index is 2.42. The molecule has 1 aliphatic rings. The Morgan fingerprint density at radius 2 is 2.10 bits per heavy atom. The van der Waals surface area contributed by atoms with Crippen LogP contribution < -0.4 is 10.1 Å². The van der Waals surface area contributed by atoms with Crippen molar-refractivity contribution in [3.8, 4) is 5.75 Å². The molecule has 1 unspecified atom stereocenters. The lowest BCUT2D eigenvalue weighted by atomic mass is 10.2. The van der Waals surface area contributed by atoms with E-state index >= 15 is 0 Å². The lowest BCUT2D eigenvalue weighted by molar-refractivity contribution is 0.379. The Kier molecular flexibility index (Phi) is 5.38. The molecule has 0 radical (unpaired) electrons. The number of hydrogen-bond acceptors (Lipinski definition) is 4. The largest absolute Gasteiger partial charge is 0.495 e. The lowest BCUT2D eigenvalue weighted by Crippen LogP contribution is -2.40. The highest BCUT2D eigenvalue weighted by molar-refractivity contribution is 7.89. The number of methoxy groups -OCH3 is 1. The maximum absolute atomic E-state index is 12.8. The van der Waals surface area contributed by atoms with E-state index < -0.39 is 10.0 Å². The minimum absolute atomic E-state index is 0.0259. The van der Waals surface area contributed by atoms with Gasteiger partial charge < -0.3 is 10.1 Å². The van der Waals surface area contributed by atoms with E-state index in [-0.39, 0.29) is 21.0 Å². The third-order valence-corrected chi connectivity index (χ3v) is 6.27. The van der Waals surface area contributed by atoms with E-state index in [2.05, 4.69) is 5.32 Å². The summed E-state index contributed by atoms with van der Waals surface area (Å²) in [6.07, 6.45) is 1.68. The first-order chi connectivity index (χ1) is 9.91. The summed E-state index contributed by atoms with van der Waals surface area (Å²) >= 11 is 12.1. The number of nitrogens with zero attached hydrogens (tertiary/aromatic N) is 1. The topological polar surface area (TPSA) is 58.6 Å². The van der Waals surface area contributed by atoms with Gasteiger partial charge in [0.05, 0.1) is 17.2 Å². The first kappa shape index (κ1) is 16.8. The van der Waals surface area contributed by atoms with Gasteiger partial charge in [-0.3, -0.25) is 0 Å². The van der Waals surface area contributed by atoms with Crippen molar-refractivity contribution in [3.05, 3.63) is 22.2 Å². The van der Waals surface area contributed by atoms with Crippen LogP contribution in [0.2, 0.25) is 10.0 Å². The standard InChI is InChI=1S/C13H18Cl2N2O3S/c1-16-8-9-4-3-5-17(9)21(18,19)13-7-10(14)12(20-2)6-11(13)15/h6-7,9,16H,3-5,8H2,1-2H3. The normalized spacial score (nSPS) is 19.9. The molecule has 1 aliphatic heterocycles. The number of likely N-dealkylation sites (N-methyl/N-ethyl adjacent to an activating group) is 1. The Morgan fingerprint density at radius 3 is 2.71 bits per heavy atom. The summed E-state index contributed by atoms with van der Waals surface area (Å²) in [6, 6.07) is 2.73. The third kappa shape index (κ3) is 3.29. The van der Waals surface area contributed by atoms with Crippen LogP contribution in [0.15, 0.2) is 17.0 Å². The minimum atomic E-state index is -3.67. The molecule has 1 N–H and O–H groups in total. The molecule has 118 valence electrons. The van der Waals surface area contributed by atoms with Gasteiger partial charge in [0, 0.05) is 25.2 Å². The zero-order valence-corrected chi connectivity index (χ0v) is 14.2. The summed E-state index contributed by atoms with van der Waals surface area (Å²) in [5, 5.41) is 3.37. The summed E-state index contributed by atoms with van der Waals surface area (Å²) in [5.41, 5.74) is 0. The second-order valence-electron chi connectivity index (χ2n) is 4.89. The number of halogens is 2. The van der Waals surface area contributed by atoms with Crippen molar-refractivity contribution in [2.24, 2.45) is 0 Å². The SMILES string of the molecule is CNCC1CCCN1S(=O)(=O)c1cc(Cl)c(OC)cc1Cl. The molecule has 5 nitrogen and oxygen atoms in total. The number of rotatable bonds is 5. The average Bonchev–Trinajstić information content (AvgIpc) is 2.90. The van der Waals surface area contributed by atoms with E-state index in [0.29, 0.717) is 18.8 Å². The van der Waals surface area contributed by atoms with Crippen molar-refractivity contribution in [2.45, 2.75) is 23.8 Å². The van der Waals surface area contributed by atoms with Gasteiger partial charge in [0.25, 0.3) is 0 Å². The summed E-state index contributed by atoms with van der Waals surface area (Å²) in [6.45, 7) is 1.11. The van der Waals surface area contributed by atoms with Gasteiger partial charge in [-0.05, 0) is 26.0 Å². The van der Waals surface area contributed by atoms with Gasteiger partial charge in [0.15, 0.2) is 0 Å². The van der Waals surface area contributed by atoms with Gasteiger partial charge in [0.2, 0.25) is 10.0 Å². The fourth-order valence-electron chi connectivity index (χ4n) is 2.56. The van der Waals surface area contributed by atoms with Crippen LogP contribution in [0, 0.1) is 0 Å². The van der Waals surface area contributed by atoms with Crippen LogP contribution in [0.1, 0.15) is 12.8 Å². The molecule has 8 heteroatoms. The van der Waals surface area contributed by atoms with Crippen LogP contribution in [0.3, 0.4) is 0 Å². The molecule has 2 rings (SSSR count). The van der Waals surface area contributed by atoms with Crippen LogP contribution in [0.5, 0.6) is 5.75 Å². The van der Waals surface area contributed by atoms with Crippen LogP contribution in [-0.2, 0) is 10.0 Å². The first-order valence-electron chi connectivity index (χ1n) is 6.61. The fourth-order valence-corrected chi connectivity index (χ4v) is 5.07. The molecule has 1 aromatic carbocycles. The maximum Gasteiger partial charge on any atom is 0.244 e. The quantitative estimate of drug-likeness (QED) is 0.883. The molecule has 1 heterocycles. The van der Waals surface area contributed by atoms with Crippen molar-refractivity contribution in [1.29, 1.82) is 0 Å². The van der Waals surface area contributed by atoms with Crippen LogP contribution in [-0.4, -0.2) is 46.0 Å². The molecule has 0 aliphatic carbocycles. The Bertz CT molecular complexity index is 622. The van der Waals surface area contributed by atoms with Crippen molar-refractivity contribution >= 4 is 33.2 Å². The molecule has 1 saturated heterocycles. The molecule has 1 fully saturated rings. The van der Waals surface area contributed by atoms with Gasteiger partial charge in [-0.25, -0.2) is 8.42 Å². The molecule has 0 aromatic heterocycles. The monoisotopic (exact) mass is 352 g/mol. The van der Waals surface area contributed by atoms with E-state index in [1.807, 2.05) is 0 Å². The summed E-state index contributed by atoms with van der Waals surface area (Å²) in [7, 11) is -0.407. The van der Waals surface area contributed by atoms with Crippen LogP contribution >= 0.6 is 23.2 Å². The predicted octanol–water partition coefficient (Wildman–Crippen LogP) is 2.37. The highest BCUT2D eigenvalue weighted by Gasteiger charge is 2.36. The zero-order chi connectivity index (χ0) is 15.6. The molecule has 0 bridgehead atoms. The maximum atomic E-state index is 12.8. The highest BCUT2D eigenvalue weighted by atomic mass is 35.5. The predicted molar refractivity (Wildman–Crippen MR) is 83.9 cm³/mol. The first-order valence-corrected chi connectivity index (χ1v) is 8.81. The zero-order valence-electron chi connectivity index (χ0n) is 11.9. The average molecular weight is 353 g/mol. The van der Waals surface area contributed by atoms with Gasteiger partial charge in [-0.15, -0.1) is 0 Å². The number of sulfonamides is 1. The lowest BCUT2D eigenvalue weighted by Gasteiger charge is -2.24. The number of benzene rings is 1. The van der Waals surface area contributed by atoms with Gasteiger partial charge in [0.1, 0.15) is 10.6 Å². The molecule has 21 heavy (non-hydrogen) atoms. The summed E-state index contributed by atoms with van der Waals surface area (Å²) in [5.74, 6) is 0.355. The van der Waals surface area contributed by atoms with E-state index in [4.69, 9.17) is 27.9 Å². The number of ether oxygens (including phenoxy) is 1. The number of hydrogen-bond donors (Lipinski definition) is 1. The second kappa shape index (κ2) is 6.71. The van der Waals surface area contributed by atoms with Crippen molar-refractivity contribution in [3.63, 3.8) is 0 Å². The molecule has 1 atom stereocenters. The molecule has 1 aromatic rings. The van der Waals surface area contributed by atoms with E-state index in [1.54, 1.807) is 7.05 Å². The summed E-state index contributed by atoms with van der Waals surface area (Å²) < 4.78 is 32.2. The van der Waals surface area contributed by atoms with Crippen LogP contribution in [0.4, 0.5) is 0 Å². The summed E-state index contributed by atoms with van der Waals surface area (Å²) in [4.78, 5) is 0.0259. The second-order valence-corrected chi connectivity index (χ2v) is 7.56. The molecular weight excluding hydrogens is 335 g/mol. The third-order valence-electron chi connectivity index (χ3n) is 3.56. The fraction of sp³-hybridized carbons (Fsp3) is 0.538. The minimum Gasteiger partial charge on any atom is -0.495 e. The van der Waals surface area contributed by atoms with Crippen molar-refractivity contribution in [1.82, 2.24) is 9.62 Å². The smallest absolute Gasteiger partial charge is 0.244 e. The van der Waals surface area contributed by atoms with Crippen LogP contribution in [0.25, 0.3) is 0 Å². The van der Waals surface area contributed by atoms with E-state index in [1.165, 1.54) is 23.5 Å². The van der Waals surface area contributed by atoms with Gasteiger partial charge in [-0.2, -0.15) is 4.31 Å². The van der Waals surface area contributed by atoms with Gasteiger partial charge >= 0.3 is 0 Å². The van der Waals surface area contributed by atoms with Crippen molar-refractivity contribution < 1.29 is 13.2 Å². The van der Waals surface area contributed by atoms with E-state index in [9.17, 15) is 8.42 Å². The number of nitrogens with one attached hydrogen (secondary N) is 1. The molecule has 0 saturated carbocycles. The Labute approximate surface area is 135 Å². The molecule has 0 spiro atoms. The Morgan fingerprint density at radius 1 is 1.38 bits per heavy atom. The van der Waals surface area contributed by atoms with E-state index in [0.717, 1.165) is 12.8 Å². The van der Waals surface area contributed by atoms with Gasteiger partial charge in [-0.1, -0.05) is 23.2 Å². The molecular formula is C13H18Cl2N2O3S.